The molecule has 0 bridgehead atoms. The molecule has 0 unspecified atom stereocenters. The van der Waals surface area contributed by atoms with Crippen molar-refractivity contribution in [3.05, 3.63) is 42.7 Å². The predicted octanol–water partition coefficient (Wildman–Crippen LogP) is 5.78. The number of anilines is 1. The lowest BCUT2D eigenvalue weighted by atomic mass is 9.94. The molecule has 2 aromatic carbocycles. The molecule has 4 heterocycles. The van der Waals surface area contributed by atoms with Crippen molar-refractivity contribution in [3.63, 3.8) is 0 Å². The number of ether oxygens (including phenoxy) is 4. The Morgan fingerprint density at radius 2 is 1.43 bits per heavy atom. The lowest BCUT2D eigenvalue weighted by Crippen LogP contribution is -2.34. The summed E-state index contributed by atoms with van der Waals surface area (Å²) >= 11 is 0. The van der Waals surface area contributed by atoms with Gasteiger partial charge in [0.2, 0.25) is 19.3 Å². The van der Waals surface area contributed by atoms with Gasteiger partial charge in [-0.25, -0.2) is 9.97 Å². The molecule has 2 aliphatic heterocycles. The van der Waals surface area contributed by atoms with Crippen LogP contribution in [0.2, 0.25) is 0 Å². The smallest absolute Gasteiger partial charge is 0.232 e. The molecule has 0 radical (unpaired) electrons. The van der Waals surface area contributed by atoms with E-state index in [1.54, 1.807) is 6.33 Å². The first-order chi connectivity index (χ1) is 17.3. The molecule has 2 aromatic heterocycles. The van der Waals surface area contributed by atoms with Crippen LogP contribution in [-0.2, 0) is 0 Å². The normalized spacial score (nSPS) is 16.7. The Balaban J connectivity index is 1.46. The first kappa shape index (κ1) is 20.4. The topological polar surface area (TPSA) is 79.1 Å². The molecule has 1 fully saturated rings. The molecule has 178 valence electrons. The quantitative estimate of drug-likeness (QED) is 0.370. The van der Waals surface area contributed by atoms with Gasteiger partial charge in [-0.15, -0.1) is 0 Å². The Hall–Kier alpha value is -3.94. The number of hydrogen-bond donors (Lipinski definition) is 0. The molecule has 0 N–H and O–H groups in total. The molecule has 8 nitrogen and oxygen atoms in total. The minimum absolute atomic E-state index is 0.218. The van der Waals surface area contributed by atoms with Gasteiger partial charge in [0.15, 0.2) is 23.0 Å². The van der Waals surface area contributed by atoms with Crippen molar-refractivity contribution < 1.29 is 23.4 Å². The number of benzene rings is 2. The second kappa shape index (κ2) is 8.08. The molecule has 0 saturated heterocycles. The van der Waals surface area contributed by atoms with E-state index >= 15 is 0 Å². The summed E-state index contributed by atoms with van der Waals surface area (Å²) in [6.07, 6.45) is 7.69. The van der Waals surface area contributed by atoms with E-state index in [9.17, 15) is 0 Å². The number of nitrogens with zero attached hydrogens (tertiary/aromatic N) is 3. The minimum Gasteiger partial charge on any atom is -0.454 e. The summed E-state index contributed by atoms with van der Waals surface area (Å²) < 4.78 is 28.9. The van der Waals surface area contributed by atoms with Gasteiger partial charge < -0.3 is 28.3 Å². The molecule has 7 rings (SSSR count). The maximum Gasteiger partial charge on any atom is 0.232 e. The van der Waals surface area contributed by atoms with Gasteiger partial charge in [-0.05, 0) is 48.7 Å². The zero-order valence-corrected chi connectivity index (χ0v) is 19.5. The van der Waals surface area contributed by atoms with E-state index in [1.807, 2.05) is 36.4 Å². The highest BCUT2D eigenvalue weighted by molar-refractivity contribution is 6.06. The third-order valence-electron chi connectivity index (χ3n) is 7.22. The highest BCUT2D eigenvalue weighted by Gasteiger charge is 2.28. The third kappa shape index (κ3) is 3.35. The van der Waals surface area contributed by atoms with Crippen LogP contribution < -0.4 is 23.8 Å². The van der Waals surface area contributed by atoms with E-state index in [4.69, 9.17) is 28.3 Å². The van der Waals surface area contributed by atoms with Gasteiger partial charge >= 0.3 is 0 Å². The van der Waals surface area contributed by atoms with Gasteiger partial charge in [-0.1, -0.05) is 25.3 Å². The highest BCUT2D eigenvalue weighted by atomic mass is 16.7. The fraction of sp³-hybridized carbons (Fsp3) is 0.333. The van der Waals surface area contributed by atoms with E-state index < -0.39 is 0 Å². The van der Waals surface area contributed by atoms with Crippen LogP contribution in [0.4, 0.5) is 5.82 Å². The summed E-state index contributed by atoms with van der Waals surface area (Å²) in [6.45, 7) is 0.439. The molecule has 1 aliphatic carbocycles. The Bertz CT molecular complexity index is 1430. The van der Waals surface area contributed by atoms with Crippen LogP contribution in [0, 0.1) is 0 Å². The standard InChI is InChI=1S/C27H25N3O5/c1-30(18-5-3-2-4-6-18)26-24-23(16-7-9-19-21(11-16)33-14-31-19)25(35-27(24)29-13-28-26)17-8-10-20-22(12-17)34-15-32-20/h7-13,18H,2-6,14-15H2,1H3. The van der Waals surface area contributed by atoms with Crippen molar-refractivity contribution >= 4 is 16.9 Å². The Morgan fingerprint density at radius 3 is 2.17 bits per heavy atom. The lowest BCUT2D eigenvalue weighted by Gasteiger charge is -2.32. The van der Waals surface area contributed by atoms with Crippen LogP contribution in [0.25, 0.3) is 33.6 Å². The highest BCUT2D eigenvalue weighted by Crippen LogP contribution is 2.48. The van der Waals surface area contributed by atoms with E-state index in [0.29, 0.717) is 29.0 Å². The largest absolute Gasteiger partial charge is 0.454 e. The van der Waals surface area contributed by atoms with Gasteiger partial charge in [0.05, 0.1) is 5.39 Å². The molecule has 0 spiro atoms. The Morgan fingerprint density at radius 1 is 0.771 bits per heavy atom. The molecule has 8 heteroatoms. The summed E-state index contributed by atoms with van der Waals surface area (Å²) in [4.78, 5) is 11.6. The van der Waals surface area contributed by atoms with E-state index in [2.05, 4.69) is 16.9 Å². The maximum atomic E-state index is 6.45. The molecule has 0 atom stereocenters. The summed E-state index contributed by atoms with van der Waals surface area (Å²) in [6, 6.07) is 12.3. The van der Waals surface area contributed by atoms with E-state index in [-0.39, 0.29) is 13.6 Å². The molecule has 4 aromatic rings. The summed E-state index contributed by atoms with van der Waals surface area (Å²) in [5, 5.41) is 0.895. The number of aromatic nitrogens is 2. The average Bonchev–Trinajstić information content (AvgIpc) is 3.65. The molecule has 35 heavy (non-hydrogen) atoms. The summed E-state index contributed by atoms with van der Waals surface area (Å²) in [5.74, 6) is 4.47. The van der Waals surface area contributed by atoms with E-state index in [1.165, 1.54) is 19.3 Å². The molecule has 3 aliphatic rings. The van der Waals surface area contributed by atoms with Crippen molar-refractivity contribution in [2.45, 2.75) is 38.1 Å². The van der Waals surface area contributed by atoms with Crippen LogP contribution in [0.1, 0.15) is 32.1 Å². The van der Waals surface area contributed by atoms with E-state index in [0.717, 1.165) is 52.2 Å². The molecule has 1 saturated carbocycles. The third-order valence-corrected chi connectivity index (χ3v) is 7.22. The number of fused-ring (bicyclic) bond motifs is 3. The summed E-state index contributed by atoms with van der Waals surface area (Å²) in [5.41, 5.74) is 3.31. The monoisotopic (exact) mass is 471 g/mol. The first-order valence-corrected chi connectivity index (χ1v) is 12.1. The van der Waals surface area contributed by atoms with Gasteiger partial charge in [-0.2, -0.15) is 0 Å². The Kier molecular flexibility index (Phi) is 4.72. The number of rotatable bonds is 4. The van der Waals surface area contributed by atoms with Crippen LogP contribution in [0.3, 0.4) is 0 Å². The van der Waals surface area contributed by atoms with Gasteiger partial charge in [0.1, 0.15) is 17.9 Å². The van der Waals surface area contributed by atoms with Crippen LogP contribution in [0.15, 0.2) is 47.1 Å². The lowest BCUT2D eigenvalue weighted by molar-refractivity contribution is 0.173. The van der Waals surface area contributed by atoms with Crippen molar-refractivity contribution in [2.24, 2.45) is 0 Å². The van der Waals surface area contributed by atoms with Gasteiger partial charge in [0.25, 0.3) is 0 Å². The second-order valence-corrected chi connectivity index (χ2v) is 9.22. The predicted molar refractivity (Wildman–Crippen MR) is 130 cm³/mol. The Labute approximate surface area is 202 Å². The van der Waals surface area contributed by atoms with Crippen molar-refractivity contribution in [2.75, 3.05) is 25.5 Å². The average molecular weight is 472 g/mol. The summed E-state index contributed by atoms with van der Waals surface area (Å²) in [7, 11) is 2.13. The second-order valence-electron chi connectivity index (χ2n) is 9.22. The van der Waals surface area contributed by atoms with Crippen LogP contribution in [-0.4, -0.2) is 36.6 Å². The fourth-order valence-corrected chi connectivity index (χ4v) is 5.40. The van der Waals surface area contributed by atoms with Crippen LogP contribution >= 0.6 is 0 Å². The molecule has 0 amide bonds. The fourth-order valence-electron chi connectivity index (χ4n) is 5.40. The number of hydrogen-bond acceptors (Lipinski definition) is 8. The maximum absolute atomic E-state index is 6.45. The molecular formula is C27H25N3O5. The SMILES string of the molecule is CN(c1ncnc2oc(-c3ccc4c(c3)OCO4)c(-c3ccc4c(c3)OCO4)c12)C1CCCCC1. The first-order valence-electron chi connectivity index (χ1n) is 12.1. The minimum atomic E-state index is 0.218. The van der Waals surface area contributed by atoms with Crippen molar-refractivity contribution in [3.8, 4) is 45.4 Å². The van der Waals surface area contributed by atoms with Crippen molar-refractivity contribution in [1.82, 2.24) is 9.97 Å². The van der Waals surface area contributed by atoms with Gasteiger partial charge in [-0.3, -0.25) is 0 Å². The molecular weight excluding hydrogens is 446 g/mol. The van der Waals surface area contributed by atoms with Gasteiger partial charge in [0, 0.05) is 24.2 Å². The van der Waals surface area contributed by atoms with Crippen LogP contribution in [0.5, 0.6) is 23.0 Å². The van der Waals surface area contributed by atoms with Crippen molar-refractivity contribution in [1.29, 1.82) is 0 Å². The number of furan rings is 1. The zero-order valence-electron chi connectivity index (χ0n) is 19.5. The zero-order chi connectivity index (χ0) is 23.4.